The van der Waals surface area contributed by atoms with Crippen LogP contribution < -0.4 is 10.6 Å². The minimum atomic E-state index is -0.492. The molecule has 1 unspecified atom stereocenters. The lowest BCUT2D eigenvalue weighted by atomic mass is 10.1. The van der Waals surface area contributed by atoms with Crippen molar-refractivity contribution in [1.29, 1.82) is 0 Å². The van der Waals surface area contributed by atoms with Crippen molar-refractivity contribution in [2.24, 2.45) is 0 Å². The highest BCUT2D eigenvalue weighted by Crippen LogP contribution is 2.17. The van der Waals surface area contributed by atoms with Crippen molar-refractivity contribution in [2.45, 2.75) is 52.8 Å². The highest BCUT2D eigenvalue weighted by molar-refractivity contribution is 5.67. The van der Waals surface area contributed by atoms with Crippen LogP contribution in [0.1, 0.15) is 38.8 Å². The molecule has 0 aliphatic rings. The number of alkyl carbamates (subject to hydrolysis) is 1. The van der Waals surface area contributed by atoms with Gasteiger partial charge in [-0.2, -0.15) is 0 Å². The van der Waals surface area contributed by atoms with E-state index in [0.29, 0.717) is 13.1 Å². The van der Waals surface area contributed by atoms with E-state index in [1.54, 1.807) is 6.07 Å². The van der Waals surface area contributed by atoms with E-state index in [-0.39, 0.29) is 11.8 Å². The Morgan fingerprint density at radius 1 is 1.38 bits per heavy atom. The fourth-order valence-electron chi connectivity index (χ4n) is 1.76. The second-order valence-corrected chi connectivity index (χ2v) is 6.30. The van der Waals surface area contributed by atoms with E-state index in [2.05, 4.69) is 10.6 Å². The molecule has 5 nitrogen and oxygen atoms in total. The maximum absolute atomic E-state index is 11.5. The summed E-state index contributed by atoms with van der Waals surface area (Å²) in [6.07, 6.45) is -0.422. The quantitative estimate of drug-likeness (QED) is 0.781. The maximum atomic E-state index is 11.5. The number of carbonyl (C=O) groups excluding carboxylic acids is 1. The van der Waals surface area contributed by atoms with Crippen molar-refractivity contribution in [2.75, 3.05) is 6.54 Å². The number of hydrogen-bond donors (Lipinski definition) is 3. The summed E-state index contributed by atoms with van der Waals surface area (Å²) >= 11 is 0. The van der Waals surface area contributed by atoms with E-state index in [4.69, 9.17) is 4.74 Å². The van der Waals surface area contributed by atoms with Gasteiger partial charge in [0, 0.05) is 24.7 Å². The number of aryl methyl sites for hydroxylation is 1. The minimum absolute atomic E-state index is 0.0671. The molecule has 1 atom stereocenters. The van der Waals surface area contributed by atoms with Gasteiger partial charge in [-0.1, -0.05) is 17.7 Å². The largest absolute Gasteiger partial charge is 0.508 e. The molecule has 0 aliphatic heterocycles. The summed E-state index contributed by atoms with van der Waals surface area (Å²) in [7, 11) is 0. The Kier molecular flexibility index (Phi) is 6.03. The fourth-order valence-corrected chi connectivity index (χ4v) is 1.76. The van der Waals surface area contributed by atoms with Gasteiger partial charge in [0.15, 0.2) is 0 Å². The van der Waals surface area contributed by atoms with Gasteiger partial charge >= 0.3 is 6.09 Å². The van der Waals surface area contributed by atoms with Gasteiger partial charge in [0.2, 0.25) is 0 Å². The summed E-state index contributed by atoms with van der Waals surface area (Å²) in [4.78, 5) is 11.5. The average Bonchev–Trinajstić information content (AvgIpc) is 2.35. The Bertz CT molecular complexity index is 481. The number of rotatable bonds is 5. The Balaban J connectivity index is 2.36. The van der Waals surface area contributed by atoms with Gasteiger partial charge in [-0.3, -0.25) is 0 Å². The molecular weight excluding hydrogens is 268 g/mol. The van der Waals surface area contributed by atoms with Crippen LogP contribution in [0.25, 0.3) is 0 Å². The van der Waals surface area contributed by atoms with Crippen molar-refractivity contribution in [3.05, 3.63) is 29.3 Å². The van der Waals surface area contributed by atoms with E-state index in [1.807, 2.05) is 46.8 Å². The molecule has 0 radical (unpaired) electrons. The number of nitrogens with one attached hydrogen (secondary N) is 2. The first-order valence-electron chi connectivity index (χ1n) is 7.16. The van der Waals surface area contributed by atoms with E-state index >= 15 is 0 Å². The molecule has 0 aliphatic carbocycles. The van der Waals surface area contributed by atoms with E-state index in [9.17, 15) is 9.90 Å². The van der Waals surface area contributed by atoms with Crippen molar-refractivity contribution < 1.29 is 14.6 Å². The smallest absolute Gasteiger partial charge is 0.407 e. The Morgan fingerprint density at radius 2 is 2.05 bits per heavy atom. The summed E-state index contributed by atoms with van der Waals surface area (Å²) in [5.74, 6) is 0.278. The second kappa shape index (κ2) is 7.31. The number of phenolic OH excluding ortho intramolecular Hbond substituents is 1. The van der Waals surface area contributed by atoms with Crippen LogP contribution in [-0.2, 0) is 11.3 Å². The van der Waals surface area contributed by atoms with E-state index in [0.717, 1.165) is 11.1 Å². The van der Waals surface area contributed by atoms with Gasteiger partial charge in [0.05, 0.1) is 0 Å². The molecule has 1 aromatic rings. The first-order chi connectivity index (χ1) is 9.67. The molecule has 0 saturated carbocycles. The zero-order chi connectivity index (χ0) is 16.0. The summed E-state index contributed by atoms with van der Waals surface area (Å²) in [5.41, 5.74) is 1.46. The molecule has 0 heterocycles. The van der Waals surface area contributed by atoms with Crippen LogP contribution in [0.15, 0.2) is 18.2 Å². The lowest BCUT2D eigenvalue weighted by molar-refractivity contribution is 0.0523. The third-order valence-corrected chi connectivity index (χ3v) is 2.83. The summed E-state index contributed by atoms with van der Waals surface area (Å²) in [6.45, 7) is 10.4. The number of hydrogen-bond acceptors (Lipinski definition) is 4. The van der Waals surface area contributed by atoms with Crippen LogP contribution in [-0.4, -0.2) is 29.4 Å². The topological polar surface area (TPSA) is 70.6 Å². The van der Waals surface area contributed by atoms with Gasteiger partial charge in [-0.25, -0.2) is 4.79 Å². The van der Waals surface area contributed by atoms with Crippen molar-refractivity contribution in [1.82, 2.24) is 10.6 Å². The number of benzene rings is 1. The predicted octanol–water partition coefficient (Wildman–Crippen LogP) is 2.70. The SMILES string of the molecule is Cc1ccc(O)c(CNC(C)CNC(=O)OC(C)(C)C)c1. The molecule has 0 bridgehead atoms. The van der Waals surface area contributed by atoms with Crippen molar-refractivity contribution in [3.63, 3.8) is 0 Å². The van der Waals surface area contributed by atoms with Crippen LogP contribution in [0.2, 0.25) is 0 Å². The molecule has 1 aromatic carbocycles. The zero-order valence-corrected chi connectivity index (χ0v) is 13.5. The Hall–Kier alpha value is -1.75. The molecule has 5 heteroatoms. The van der Waals surface area contributed by atoms with Crippen LogP contribution in [0.5, 0.6) is 5.75 Å². The number of ether oxygens (including phenoxy) is 1. The van der Waals surface area contributed by atoms with Crippen LogP contribution in [0.3, 0.4) is 0 Å². The highest BCUT2D eigenvalue weighted by atomic mass is 16.6. The molecule has 1 amide bonds. The molecule has 0 spiro atoms. The summed E-state index contributed by atoms with van der Waals surface area (Å²) in [5, 5.41) is 15.7. The minimum Gasteiger partial charge on any atom is -0.508 e. The number of aromatic hydroxyl groups is 1. The third kappa shape index (κ3) is 6.99. The first kappa shape index (κ1) is 17.3. The monoisotopic (exact) mass is 294 g/mol. The van der Waals surface area contributed by atoms with Gasteiger partial charge < -0.3 is 20.5 Å². The number of carbonyl (C=O) groups is 1. The fraction of sp³-hybridized carbons (Fsp3) is 0.562. The molecule has 0 saturated heterocycles. The standard InChI is InChI=1S/C16H26N2O3/c1-11-6-7-14(19)13(8-11)10-17-12(2)9-18-15(20)21-16(3,4)5/h6-8,12,17,19H,9-10H2,1-5H3,(H,18,20). The lowest BCUT2D eigenvalue weighted by Gasteiger charge is -2.21. The predicted molar refractivity (Wildman–Crippen MR) is 83.4 cm³/mol. The van der Waals surface area contributed by atoms with Gasteiger partial charge in [-0.15, -0.1) is 0 Å². The normalized spacial score (nSPS) is 12.8. The summed E-state index contributed by atoms with van der Waals surface area (Å²) in [6, 6.07) is 5.57. The molecule has 3 N–H and O–H groups in total. The highest BCUT2D eigenvalue weighted by Gasteiger charge is 2.16. The first-order valence-corrected chi connectivity index (χ1v) is 7.16. The average molecular weight is 294 g/mol. The molecule has 21 heavy (non-hydrogen) atoms. The molecule has 0 fully saturated rings. The van der Waals surface area contributed by atoms with Gasteiger partial charge in [0.25, 0.3) is 0 Å². The van der Waals surface area contributed by atoms with Crippen molar-refractivity contribution in [3.8, 4) is 5.75 Å². The Labute approximate surface area is 126 Å². The summed E-state index contributed by atoms with van der Waals surface area (Å²) < 4.78 is 5.17. The molecule has 1 rings (SSSR count). The van der Waals surface area contributed by atoms with Crippen LogP contribution >= 0.6 is 0 Å². The molecule has 0 aromatic heterocycles. The second-order valence-electron chi connectivity index (χ2n) is 6.30. The molecule has 118 valence electrons. The van der Waals surface area contributed by atoms with Crippen LogP contribution in [0.4, 0.5) is 4.79 Å². The maximum Gasteiger partial charge on any atom is 0.407 e. The van der Waals surface area contributed by atoms with E-state index in [1.165, 1.54) is 0 Å². The number of amides is 1. The molecular formula is C16H26N2O3. The van der Waals surface area contributed by atoms with E-state index < -0.39 is 11.7 Å². The lowest BCUT2D eigenvalue weighted by Crippen LogP contribution is -2.41. The van der Waals surface area contributed by atoms with Crippen molar-refractivity contribution >= 4 is 6.09 Å². The Morgan fingerprint density at radius 3 is 2.67 bits per heavy atom. The van der Waals surface area contributed by atoms with Crippen LogP contribution in [0, 0.1) is 6.92 Å². The van der Waals surface area contributed by atoms with Gasteiger partial charge in [-0.05, 0) is 40.7 Å². The van der Waals surface area contributed by atoms with Gasteiger partial charge in [0.1, 0.15) is 11.4 Å². The zero-order valence-electron chi connectivity index (χ0n) is 13.5. The number of phenols is 1. The third-order valence-electron chi connectivity index (χ3n) is 2.83.